The van der Waals surface area contributed by atoms with Crippen LogP contribution < -0.4 is 14.8 Å². The van der Waals surface area contributed by atoms with E-state index in [1.165, 1.54) is 18.2 Å². The molecule has 1 aromatic carbocycles. The molecule has 1 amide bonds. The maximum absolute atomic E-state index is 12.4. The monoisotopic (exact) mass is 387 g/mol. The van der Waals surface area contributed by atoms with E-state index in [4.69, 9.17) is 9.47 Å². The van der Waals surface area contributed by atoms with Crippen LogP contribution in [0.3, 0.4) is 0 Å². The van der Waals surface area contributed by atoms with Crippen molar-refractivity contribution >= 4 is 23.4 Å². The summed E-state index contributed by atoms with van der Waals surface area (Å²) >= 11 is 1.34. The van der Waals surface area contributed by atoms with E-state index < -0.39 is 0 Å². The zero-order valence-electron chi connectivity index (χ0n) is 15.2. The van der Waals surface area contributed by atoms with Crippen molar-refractivity contribution in [1.29, 1.82) is 0 Å². The number of nitrogens with one attached hydrogen (secondary N) is 1. The van der Waals surface area contributed by atoms with Crippen molar-refractivity contribution in [2.45, 2.75) is 24.0 Å². The number of benzene rings is 1. The number of carbonyl (C=O) groups excluding carboxylic acids is 1. The molecule has 1 heterocycles. The first-order chi connectivity index (χ1) is 13.2. The van der Waals surface area contributed by atoms with Crippen LogP contribution in [0.5, 0.6) is 11.5 Å². The zero-order valence-corrected chi connectivity index (χ0v) is 16.0. The highest BCUT2D eigenvalue weighted by atomic mass is 32.2. The number of tetrazole rings is 1. The van der Waals surface area contributed by atoms with Crippen LogP contribution in [0.2, 0.25) is 0 Å². The van der Waals surface area contributed by atoms with E-state index in [9.17, 15) is 4.79 Å². The Hall–Kier alpha value is -2.55. The van der Waals surface area contributed by atoms with E-state index in [-0.39, 0.29) is 11.7 Å². The molecule has 1 fully saturated rings. The minimum Gasteiger partial charge on any atom is -0.497 e. The minimum atomic E-state index is -0.158. The second kappa shape index (κ2) is 7.59. The molecule has 27 heavy (non-hydrogen) atoms. The minimum absolute atomic E-state index is 0.158. The van der Waals surface area contributed by atoms with Crippen molar-refractivity contribution in [1.82, 2.24) is 20.2 Å². The molecule has 1 N–H and O–H groups in total. The lowest BCUT2D eigenvalue weighted by molar-refractivity contribution is -0.113. The summed E-state index contributed by atoms with van der Waals surface area (Å²) in [6, 6.07) is 5.55. The van der Waals surface area contributed by atoms with Gasteiger partial charge >= 0.3 is 0 Å². The summed E-state index contributed by atoms with van der Waals surface area (Å²) < 4.78 is 12.4. The Kier molecular flexibility index (Phi) is 5.02. The second-order valence-corrected chi connectivity index (χ2v) is 7.60. The van der Waals surface area contributed by atoms with Crippen molar-refractivity contribution in [3.8, 4) is 11.5 Å². The van der Waals surface area contributed by atoms with Crippen molar-refractivity contribution in [3.05, 3.63) is 30.4 Å². The SMILES string of the molecule is COc1ccc(OC)c(NC(=O)CSc2nnnn2[C@@H]2C[C@@H]3C=C[C@H]2C3)c1. The number of hydrogen-bond donors (Lipinski definition) is 1. The van der Waals surface area contributed by atoms with Gasteiger partial charge < -0.3 is 14.8 Å². The Morgan fingerprint density at radius 3 is 2.89 bits per heavy atom. The predicted molar refractivity (Wildman–Crippen MR) is 101 cm³/mol. The molecule has 8 nitrogen and oxygen atoms in total. The molecule has 3 atom stereocenters. The third-order valence-electron chi connectivity index (χ3n) is 5.03. The highest BCUT2D eigenvalue weighted by molar-refractivity contribution is 7.99. The summed E-state index contributed by atoms with van der Waals surface area (Å²) in [4.78, 5) is 12.4. The van der Waals surface area contributed by atoms with Crippen LogP contribution in [-0.4, -0.2) is 46.1 Å². The van der Waals surface area contributed by atoms with Crippen molar-refractivity contribution in [3.63, 3.8) is 0 Å². The average molecular weight is 387 g/mol. The average Bonchev–Trinajstić information content (AvgIpc) is 3.42. The van der Waals surface area contributed by atoms with E-state index >= 15 is 0 Å². The van der Waals surface area contributed by atoms with Crippen LogP contribution in [0, 0.1) is 11.8 Å². The van der Waals surface area contributed by atoms with Crippen LogP contribution >= 0.6 is 11.8 Å². The first-order valence-corrected chi connectivity index (χ1v) is 9.77. The Morgan fingerprint density at radius 2 is 2.19 bits per heavy atom. The highest BCUT2D eigenvalue weighted by Crippen LogP contribution is 2.46. The fraction of sp³-hybridized carbons (Fsp3) is 0.444. The molecule has 0 aliphatic heterocycles. The lowest BCUT2D eigenvalue weighted by Crippen LogP contribution is -2.18. The topological polar surface area (TPSA) is 91.2 Å². The molecule has 0 radical (unpaired) electrons. The number of fused-ring (bicyclic) bond motifs is 2. The Balaban J connectivity index is 1.39. The molecule has 2 bridgehead atoms. The molecule has 2 aromatic rings. The van der Waals surface area contributed by atoms with E-state index in [0.29, 0.717) is 40.2 Å². The van der Waals surface area contributed by atoms with E-state index in [0.717, 1.165) is 6.42 Å². The number of aromatic nitrogens is 4. The molecule has 4 rings (SSSR count). The molecule has 0 saturated heterocycles. The zero-order chi connectivity index (χ0) is 18.8. The number of nitrogens with zero attached hydrogens (tertiary/aromatic N) is 4. The van der Waals surface area contributed by atoms with Gasteiger partial charge in [0, 0.05) is 6.07 Å². The summed E-state index contributed by atoms with van der Waals surface area (Å²) in [6.45, 7) is 0. The summed E-state index contributed by atoms with van der Waals surface area (Å²) in [5.74, 6) is 2.39. The van der Waals surface area contributed by atoms with Gasteiger partial charge in [-0.3, -0.25) is 4.79 Å². The lowest BCUT2D eigenvalue weighted by Gasteiger charge is -2.18. The number of amides is 1. The number of rotatable bonds is 7. The molecule has 142 valence electrons. The maximum atomic E-state index is 12.4. The molecule has 2 aliphatic rings. The van der Waals surface area contributed by atoms with Crippen molar-refractivity contribution in [2.75, 3.05) is 25.3 Å². The Morgan fingerprint density at radius 1 is 1.30 bits per heavy atom. The summed E-state index contributed by atoms with van der Waals surface area (Å²) in [5, 5.41) is 15.6. The lowest BCUT2D eigenvalue weighted by atomic mass is 10.0. The largest absolute Gasteiger partial charge is 0.497 e. The normalized spacial score (nSPS) is 22.8. The number of carbonyl (C=O) groups is 1. The third-order valence-corrected chi connectivity index (χ3v) is 5.97. The quantitative estimate of drug-likeness (QED) is 0.577. The number of ether oxygens (including phenoxy) is 2. The molecule has 0 spiro atoms. The third kappa shape index (κ3) is 3.64. The van der Waals surface area contributed by atoms with Gasteiger partial charge in [-0.2, -0.15) is 0 Å². The molecular weight excluding hydrogens is 366 g/mol. The van der Waals surface area contributed by atoms with Gasteiger partial charge in [0.2, 0.25) is 11.1 Å². The van der Waals surface area contributed by atoms with Crippen LogP contribution in [0.4, 0.5) is 5.69 Å². The van der Waals surface area contributed by atoms with Crippen molar-refractivity contribution in [2.24, 2.45) is 11.8 Å². The highest BCUT2D eigenvalue weighted by Gasteiger charge is 2.38. The van der Waals surface area contributed by atoms with Crippen LogP contribution in [0.25, 0.3) is 0 Å². The van der Waals surface area contributed by atoms with Gasteiger partial charge in [-0.15, -0.1) is 5.10 Å². The van der Waals surface area contributed by atoms with E-state index in [1.807, 2.05) is 4.68 Å². The van der Waals surface area contributed by atoms with Crippen LogP contribution in [-0.2, 0) is 4.79 Å². The molecule has 1 aromatic heterocycles. The number of allylic oxidation sites excluding steroid dienone is 2. The first-order valence-electron chi connectivity index (χ1n) is 8.78. The maximum Gasteiger partial charge on any atom is 0.234 e. The molecular formula is C18H21N5O3S. The summed E-state index contributed by atoms with van der Waals surface area (Å²) in [6.07, 6.45) is 6.78. The number of methoxy groups -OCH3 is 2. The fourth-order valence-corrected chi connectivity index (χ4v) is 4.48. The van der Waals surface area contributed by atoms with Gasteiger partial charge in [-0.05, 0) is 47.2 Å². The van der Waals surface area contributed by atoms with Crippen LogP contribution in [0.15, 0.2) is 35.5 Å². The van der Waals surface area contributed by atoms with Gasteiger partial charge in [0.05, 0.1) is 31.7 Å². The van der Waals surface area contributed by atoms with Gasteiger partial charge in [-0.1, -0.05) is 23.9 Å². The first kappa shape index (κ1) is 17.8. The Bertz CT molecular complexity index is 868. The smallest absolute Gasteiger partial charge is 0.234 e. The summed E-state index contributed by atoms with van der Waals surface area (Å²) in [7, 11) is 3.14. The van der Waals surface area contributed by atoms with Gasteiger partial charge in [0.25, 0.3) is 0 Å². The number of hydrogen-bond acceptors (Lipinski definition) is 7. The fourth-order valence-electron chi connectivity index (χ4n) is 3.75. The van der Waals surface area contributed by atoms with Crippen molar-refractivity contribution < 1.29 is 14.3 Å². The second-order valence-electron chi connectivity index (χ2n) is 6.66. The number of thioether (sulfide) groups is 1. The van der Waals surface area contributed by atoms with Crippen LogP contribution in [0.1, 0.15) is 18.9 Å². The van der Waals surface area contributed by atoms with Gasteiger partial charge in [0.1, 0.15) is 11.5 Å². The van der Waals surface area contributed by atoms with E-state index in [1.54, 1.807) is 32.4 Å². The molecule has 9 heteroatoms. The Labute approximate surface area is 161 Å². The standard InChI is InChI=1S/C18H21N5O3S/c1-25-13-5-6-16(26-2)14(9-13)19-17(24)10-27-18-20-21-22-23(18)15-8-11-3-4-12(15)7-11/h3-6,9,11-12,15H,7-8,10H2,1-2H3,(H,19,24)/t11-,12+,15-/m1/s1. The molecule has 2 aliphatic carbocycles. The van der Waals surface area contributed by atoms with Gasteiger partial charge in [-0.25, -0.2) is 4.68 Å². The number of anilines is 1. The van der Waals surface area contributed by atoms with Gasteiger partial charge in [0.15, 0.2) is 0 Å². The summed E-state index contributed by atoms with van der Waals surface area (Å²) in [5.41, 5.74) is 0.570. The van der Waals surface area contributed by atoms with E-state index in [2.05, 4.69) is 33.0 Å². The molecule has 1 saturated carbocycles. The predicted octanol–water partition coefficient (Wildman–Crippen LogP) is 2.56. The molecule has 0 unspecified atom stereocenters.